The maximum atomic E-state index is 12.4. The maximum absolute atomic E-state index is 12.4. The average Bonchev–Trinajstić information content (AvgIpc) is 3.16. The highest BCUT2D eigenvalue weighted by Crippen LogP contribution is 2.37. The van der Waals surface area contributed by atoms with Crippen molar-refractivity contribution < 1.29 is 9.53 Å². The Labute approximate surface area is 164 Å². The molecule has 1 aliphatic rings. The van der Waals surface area contributed by atoms with Crippen LogP contribution in [-0.4, -0.2) is 42.6 Å². The van der Waals surface area contributed by atoms with Gasteiger partial charge in [0, 0.05) is 49.7 Å². The molecule has 0 saturated carbocycles. The van der Waals surface area contributed by atoms with Crippen LogP contribution in [0.5, 0.6) is 5.75 Å². The number of carbonyl (C=O) groups is 1. The van der Waals surface area contributed by atoms with Crippen molar-refractivity contribution in [2.24, 2.45) is 0 Å². The van der Waals surface area contributed by atoms with E-state index < -0.39 is 0 Å². The fraction of sp³-hybridized carbons (Fsp3) is 0.227. The zero-order chi connectivity index (χ0) is 19.5. The van der Waals surface area contributed by atoms with Crippen LogP contribution in [-0.2, 0) is 6.42 Å². The molecule has 1 aromatic heterocycles. The number of carbonyl (C=O) groups excluding carboxylic acids is 1. The molecule has 1 unspecified atom stereocenters. The second-order valence-electron chi connectivity index (χ2n) is 6.98. The van der Waals surface area contributed by atoms with Gasteiger partial charge < -0.3 is 15.0 Å². The molecule has 6 heteroatoms. The fourth-order valence-electron chi connectivity index (χ4n) is 3.31. The molecule has 1 aliphatic heterocycles. The van der Waals surface area contributed by atoms with Crippen LogP contribution in [0.3, 0.4) is 0 Å². The number of nitrogens with zero attached hydrogens (tertiary/aromatic N) is 3. The monoisotopic (exact) mass is 374 g/mol. The molecule has 2 aromatic carbocycles. The summed E-state index contributed by atoms with van der Waals surface area (Å²) in [5.74, 6) is 0.733. The summed E-state index contributed by atoms with van der Waals surface area (Å²) in [6.45, 7) is 0.447. The number of aromatic nitrogens is 2. The molecule has 6 nitrogen and oxygen atoms in total. The van der Waals surface area contributed by atoms with Crippen molar-refractivity contribution in [3.8, 4) is 17.0 Å². The molecule has 0 fully saturated rings. The van der Waals surface area contributed by atoms with E-state index in [0.717, 1.165) is 34.7 Å². The van der Waals surface area contributed by atoms with E-state index in [2.05, 4.69) is 21.4 Å². The third-order valence-corrected chi connectivity index (χ3v) is 4.80. The number of hydrogen-bond donors (Lipinski definition) is 1. The van der Waals surface area contributed by atoms with Crippen molar-refractivity contribution in [1.29, 1.82) is 0 Å². The van der Waals surface area contributed by atoms with Crippen molar-refractivity contribution in [1.82, 2.24) is 15.3 Å². The molecule has 1 amide bonds. The quantitative estimate of drug-likeness (QED) is 0.744. The Morgan fingerprint density at radius 2 is 2.00 bits per heavy atom. The molecule has 142 valence electrons. The minimum absolute atomic E-state index is 0.0981. The van der Waals surface area contributed by atoms with Crippen LogP contribution in [0.15, 0.2) is 61.1 Å². The van der Waals surface area contributed by atoms with Crippen LogP contribution in [0.4, 0.5) is 5.69 Å². The molecule has 3 aromatic rings. The van der Waals surface area contributed by atoms with Crippen LogP contribution in [0, 0.1) is 0 Å². The van der Waals surface area contributed by atoms with Gasteiger partial charge in [0.2, 0.25) is 0 Å². The first-order valence-corrected chi connectivity index (χ1v) is 9.22. The summed E-state index contributed by atoms with van der Waals surface area (Å²) in [4.78, 5) is 23.0. The molecule has 0 radical (unpaired) electrons. The van der Waals surface area contributed by atoms with Gasteiger partial charge in [-0.1, -0.05) is 12.1 Å². The van der Waals surface area contributed by atoms with Crippen LogP contribution < -0.4 is 15.0 Å². The Balaban J connectivity index is 1.41. The number of anilines is 1. The maximum Gasteiger partial charge on any atom is 0.251 e. The lowest BCUT2D eigenvalue weighted by atomic mass is 10.0. The van der Waals surface area contributed by atoms with Gasteiger partial charge in [-0.2, -0.15) is 0 Å². The predicted octanol–water partition coefficient (Wildman–Crippen LogP) is 2.94. The molecule has 0 spiro atoms. The third kappa shape index (κ3) is 3.67. The van der Waals surface area contributed by atoms with E-state index in [1.54, 1.807) is 18.6 Å². The minimum atomic E-state index is -0.0992. The van der Waals surface area contributed by atoms with E-state index in [1.807, 2.05) is 55.4 Å². The molecule has 0 bridgehead atoms. The number of hydrogen-bond acceptors (Lipinski definition) is 5. The van der Waals surface area contributed by atoms with Crippen LogP contribution in [0.2, 0.25) is 0 Å². The Morgan fingerprint density at radius 1 is 1.18 bits per heavy atom. The van der Waals surface area contributed by atoms with E-state index >= 15 is 0 Å². The second-order valence-corrected chi connectivity index (χ2v) is 6.98. The van der Waals surface area contributed by atoms with Crippen molar-refractivity contribution in [3.63, 3.8) is 0 Å². The van der Waals surface area contributed by atoms with Crippen molar-refractivity contribution >= 4 is 11.6 Å². The molecule has 2 heterocycles. The van der Waals surface area contributed by atoms with Crippen LogP contribution in [0.25, 0.3) is 11.3 Å². The summed E-state index contributed by atoms with van der Waals surface area (Å²) >= 11 is 0. The Hall–Kier alpha value is -3.41. The lowest BCUT2D eigenvalue weighted by Crippen LogP contribution is -2.34. The third-order valence-electron chi connectivity index (χ3n) is 4.80. The first-order chi connectivity index (χ1) is 13.6. The van der Waals surface area contributed by atoms with Gasteiger partial charge in [-0.15, -0.1) is 0 Å². The summed E-state index contributed by atoms with van der Waals surface area (Å²) in [6.07, 6.45) is 5.70. The summed E-state index contributed by atoms with van der Waals surface area (Å²) < 4.78 is 6.14. The molecule has 4 rings (SSSR count). The summed E-state index contributed by atoms with van der Waals surface area (Å²) in [6, 6.07) is 13.6. The zero-order valence-electron chi connectivity index (χ0n) is 15.9. The molecule has 0 saturated heterocycles. The molecular weight excluding hydrogens is 352 g/mol. The first-order valence-electron chi connectivity index (χ1n) is 9.22. The van der Waals surface area contributed by atoms with Crippen LogP contribution >= 0.6 is 0 Å². The van der Waals surface area contributed by atoms with E-state index in [1.165, 1.54) is 0 Å². The summed E-state index contributed by atoms with van der Waals surface area (Å²) in [7, 11) is 3.94. The van der Waals surface area contributed by atoms with Gasteiger partial charge >= 0.3 is 0 Å². The highest BCUT2D eigenvalue weighted by atomic mass is 16.5. The molecule has 1 atom stereocenters. The van der Waals surface area contributed by atoms with Crippen molar-refractivity contribution in [2.45, 2.75) is 12.5 Å². The fourth-order valence-corrected chi connectivity index (χ4v) is 3.31. The van der Waals surface area contributed by atoms with Gasteiger partial charge in [0.05, 0.1) is 18.4 Å². The standard InChI is InChI=1S/C22H22N4O2/c1-26(2)17-8-6-15(7-9-17)22(27)25-13-18-12-16-4-3-5-19(21(16)28-18)20-14-23-10-11-24-20/h3-11,14,18H,12-13H2,1-2H3,(H,25,27). The van der Waals surface area contributed by atoms with E-state index in [0.29, 0.717) is 12.1 Å². The summed E-state index contributed by atoms with van der Waals surface area (Å²) in [5.41, 5.74) is 4.53. The van der Waals surface area contributed by atoms with E-state index in [-0.39, 0.29) is 12.0 Å². The van der Waals surface area contributed by atoms with Gasteiger partial charge in [-0.05, 0) is 35.9 Å². The highest BCUT2D eigenvalue weighted by Gasteiger charge is 2.26. The SMILES string of the molecule is CN(C)c1ccc(C(=O)NCC2Cc3cccc(-c4cnccn4)c3O2)cc1. The highest BCUT2D eigenvalue weighted by molar-refractivity contribution is 5.94. The minimum Gasteiger partial charge on any atom is -0.487 e. The molecule has 0 aliphatic carbocycles. The average molecular weight is 374 g/mol. The Bertz CT molecular complexity index is 972. The van der Waals surface area contributed by atoms with Crippen molar-refractivity contribution in [3.05, 3.63) is 72.2 Å². The lowest BCUT2D eigenvalue weighted by Gasteiger charge is -2.14. The second kappa shape index (κ2) is 7.68. The van der Waals surface area contributed by atoms with Gasteiger partial charge in [-0.3, -0.25) is 14.8 Å². The molecule has 1 N–H and O–H groups in total. The number of ether oxygens (including phenoxy) is 1. The zero-order valence-corrected chi connectivity index (χ0v) is 15.9. The Morgan fingerprint density at radius 3 is 2.71 bits per heavy atom. The first kappa shape index (κ1) is 18.0. The number of para-hydroxylation sites is 1. The van der Waals surface area contributed by atoms with Crippen LogP contribution in [0.1, 0.15) is 15.9 Å². The summed E-state index contributed by atoms with van der Waals surface area (Å²) in [5, 5.41) is 2.98. The lowest BCUT2D eigenvalue weighted by molar-refractivity contribution is 0.0933. The predicted molar refractivity (Wildman–Crippen MR) is 109 cm³/mol. The number of amides is 1. The van der Waals surface area contributed by atoms with Gasteiger partial charge in [0.25, 0.3) is 5.91 Å². The normalized spacial score (nSPS) is 14.9. The number of benzene rings is 2. The molecular formula is C22H22N4O2. The number of rotatable bonds is 5. The smallest absolute Gasteiger partial charge is 0.251 e. The van der Waals surface area contributed by atoms with Gasteiger partial charge in [-0.25, -0.2) is 0 Å². The largest absolute Gasteiger partial charge is 0.487 e. The van der Waals surface area contributed by atoms with Crippen molar-refractivity contribution in [2.75, 3.05) is 25.5 Å². The molecule has 28 heavy (non-hydrogen) atoms. The van der Waals surface area contributed by atoms with Gasteiger partial charge in [0.15, 0.2) is 0 Å². The van der Waals surface area contributed by atoms with Gasteiger partial charge in [0.1, 0.15) is 11.9 Å². The topological polar surface area (TPSA) is 67.4 Å². The van der Waals surface area contributed by atoms with E-state index in [4.69, 9.17) is 4.74 Å². The number of fused-ring (bicyclic) bond motifs is 1. The number of nitrogens with one attached hydrogen (secondary N) is 1. The Kier molecular flexibility index (Phi) is 4.93. The van der Waals surface area contributed by atoms with E-state index in [9.17, 15) is 4.79 Å².